The van der Waals surface area contributed by atoms with Crippen LogP contribution in [0.2, 0.25) is 0 Å². The first-order valence-electron chi connectivity index (χ1n) is 5.01. The zero-order valence-electron chi connectivity index (χ0n) is 7.85. The molecule has 0 unspecified atom stereocenters. The lowest BCUT2D eigenvalue weighted by molar-refractivity contribution is -0.00311. The average molecular weight is 193 g/mol. The van der Waals surface area contributed by atoms with E-state index < -0.39 is 0 Å². The van der Waals surface area contributed by atoms with Gasteiger partial charge >= 0.3 is 0 Å². The minimum atomic E-state index is -0.263. The van der Waals surface area contributed by atoms with Gasteiger partial charge in [-0.05, 0) is 31.4 Å². The summed E-state index contributed by atoms with van der Waals surface area (Å²) in [6, 6.07) is 4.99. The van der Waals surface area contributed by atoms with E-state index in [2.05, 4.69) is 5.32 Å². The second kappa shape index (κ2) is 2.62. The topological polar surface area (TPSA) is 21.3 Å². The number of para-hydroxylation sites is 1. The van der Waals surface area contributed by atoms with Crippen molar-refractivity contribution in [2.24, 2.45) is 0 Å². The summed E-state index contributed by atoms with van der Waals surface area (Å²) in [6.07, 6.45) is 3.26. The van der Waals surface area contributed by atoms with Crippen molar-refractivity contribution in [3.05, 3.63) is 24.0 Å². The van der Waals surface area contributed by atoms with Crippen LogP contribution in [0.3, 0.4) is 0 Å². The Balaban J connectivity index is 2.00. The van der Waals surface area contributed by atoms with E-state index in [1.165, 1.54) is 12.5 Å². The number of anilines is 1. The van der Waals surface area contributed by atoms with Gasteiger partial charge in [0.15, 0.2) is 11.6 Å². The molecule has 1 aromatic carbocycles. The van der Waals surface area contributed by atoms with E-state index in [9.17, 15) is 4.39 Å². The molecule has 2 nitrogen and oxygen atoms in total. The van der Waals surface area contributed by atoms with Crippen LogP contribution in [0, 0.1) is 5.82 Å². The first-order valence-corrected chi connectivity index (χ1v) is 5.01. The van der Waals surface area contributed by atoms with Crippen LogP contribution in [0.4, 0.5) is 10.1 Å². The smallest absolute Gasteiger partial charge is 0.178 e. The van der Waals surface area contributed by atoms with E-state index in [0.717, 1.165) is 25.1 Å². The van der Waals surface area contributed by atoms with Gasteiger partial charge in [-0.2, -0.15) is 0 Å². The van der Waals surface area contributed by atoms with Gasteiger partial charge in [0.05, 0.1) is 12.2 Å². The summed E-state index contributed by atoms with van der Waals surface area (Å²) in [5.41, 5.74) is 0.664. The first-order chi connectivity index (χ1) is 6.79. The predicted molar refractivity (Wildman–Crippen MR) is 52.1 cm³/mol. The van der Waals surface area contributed by atoms with Crippen molar-refractivity contribution in [1.29, 1.82) is 0 Å². The third-order valence-corrected chi connectivity index (χ3v) is 3.15. The van der Waals surface area contributed by atoms with Crippen molar-refractivity contribution in [2.45, 2.75) is 24.9 Å². The zero-order valence-corrected chi connectivity index (χ0v) is 7.85. The zero-order chi connectivity index (χ0) is 9.60. The number of rotatable bonds is 0. The molecule has 2 aliphatic rings. The minimum Gasteiger partial charge on any atom is -0.480 e. The second-order valence-corrected chi connectivity index (χ2v) is 4.11. The number of halogens is 1. The molecular weight excluding hydrogens is 181 g/mol. The Morgan fingerprint density at radius 2 is 2.21 bits per heavy atom. The van der Waals surface area contributed by atoms with E-state index in [1.54, 1.807) is 6.07 Å². The van der Waals surface area contributed by atoms with Crippen molar-refractivity contribution in [3.8, 4) is 5.75 Å². The summed E-state index contributed by atoms with van der Waals surface area (Å²) in [4.78, 5) is 0. The molecule has 1 N–H and O–H groups in total. The normalized spacial score (nSPS) is 21.8. The van der Waals surface area contributed by atoms with Crippen LogP contribution in [-0.2, 0) is 0 Å². The van der Waals surface area contributed by atoms with Gasteiger partial charge in [-0.1, -0.05) is 6.07 Å². The third-order valence-electron chi connectivity index (χ3n) is 3.15. The van der Waals surface area contributed by atoms with Crippen LogP contribution in [0.15, 0.2) is 18.2 Å². The van der Waals surface area contributed by atoms with Crippen molar-refractivity contribution in [3.63, 3.8) is 0 Å². The van der Waals surface area contributed by atoms with Gasteiger partial charge < -0.3 is 10.1 Å². The summed E-state index contributed by atoms with van der Waals surface area (Å²) in [5.74, 6) is 0.138. The molecule has 1 heterocycles. The number of fused-ring (bicyclic) bond motifs is 1. The Morgan fingerprint density at radius 3 is 2.93 bits per heavy atom. The molecule has 1 fully saturated rings. The molecule has 1 aliphatic carbocycles. The summed E-state index contributed by atoms with van der Waals surface area (Å²) in [5, 5.41) is 3.23. The minimum absolute atomic E-state index is 0.116. The molecule has 1 spiro atoms. The fourth-order valence-corrected chi connectivity index (χ4v) is 2.11. The van der Waals surface area contributed by atoms with Crippen LogP contribution in [0.25, 0.3) is 0 Å². The molecule has 0 radical (unpaired) electrons. The molecule has 0 atom stereocenters. The Hall–Kier alpha value is -1.25. The second-order valence-electron chi connectivity index (χ2n) is 4.11. The summed E-state index contributed by atoms with van der Waals surface area (Å²) < 4.78 is 19.2. The molecule has 0 saturated heterocycles. The van der Waals surface area contributed by atoms with Gasteiger partial charge in [-0.3, -0.25) is 0 Å². The molecule has 1 aliphatic heterocycles. The first kappa shape index (κ1) is 8.09. The van der Waals surface area contributed by atoms with Gasteiger partial charge in [0.2, 0.25) is 0 Å². The van der Waals surface area contributed by atoms with Crippen LogP contribution < -0.4 is 10.1 Å². The van der Waals surface area contributed by atoms with Gasteiger partial charge in [-0.15, -0.1) is 0 Å². The lowest BCUT2D eigenvalue weighted by atomic mass is 9.79. The summed E-state index contributed by atoms with van der Waals surface area (Å²) >= 11 is 0. The van der Waals surface area contributed by atoms with Crippen LogP contribution in [0.1, 0.15) is 19.3 Å². The van der Waals surface area contributed by atoms with Gasteiger partial charge in [0.1, 0.15) is 5.60 Å². The number of benzene rings is 1. The fraction of sp³-hybridized carbons (Fsp3) is 0.455. The van der Waals surface area contributed by atoms with Crippen molar-refractivity contribution < 1.29 is 9.13 Å². The van der Waals surface area contributed by atoms with Gasteiger partial charge in [-0.25, -0.2) is 4.39 Å². The Kier molecular flexibility index (Phi) is 1.52. The molecule has 14 heavy (non-hydrogen) atoms. The molecule has 3 heteroatoms. The SMILES string of the molecule is Fc1cccc2c1OC1(CCC1)CN2. The average Bonchev–Trinajstić information content (AvgIpc) is 2.16. The third kappa shape index (κ3) is 1.01. The molecular formula is C11H12FNO. The molecule has 1 saturated carbocycles. The van der Waals surface area contributed by atoms with E-state index in [1.807, 2.05) is 6.07 Å². The maximum absolute atomic E-state index is 13.4. The molecule has 74 valence electrons. The monoisotopic (exact) mass is 193 g/mol. The number of ether oxygens (including phenoxy) is 1. The lowest BCUT2D eigenvalue weighted by Crippen LogP contribution is -2.51. The standard InChI is InChI=1S/C11H12FNO/c12-8-3-1-4-9-10(8)14-11(7-13-9)5-2-6-11/h1,3-4,13H,2,5-7H2. The highest BCUT2D eigenvalue weighted by molar-refractivity contribution is 5.59. The highest BCUT2D eigenvalue weighted by atomic mass is 19.1. The number of nitrogens with one attached hydrogen (secondary N) is 1. The highest BCUT2D eigenvalue weighted by Crippen LogP contribution is 2.43. The Bertz CT molecular complexity index is 374. The number of hydrogen-bond donors (Lipinski definition) is 1. The van der Waals surface area contributed by atoms with Crippen LogP contribution in [0.5, 0.6) is 5.75 Å². The van der Waals surface area contributed by atoms with E-state index in [-0.39, 0.29) is 11.4 Å². The summed E-state index contributed by atoms with van der Waals surface area (Å²) in [6.45, 7) is 0.809. The largest absolute Gasteiger partial charge is 0.480 e. The molecule has 3 rings (SSSR count). The summed E-state index contributed by atoms with van der Waals surface area (Å²) in [7, 11) is 0. The number of hydrogen-bond acceptors (Lipinski definition) is 2. The van der Waals surface area contributed by atoms with Gasteiger partial charge in [0.25, 0.3) is 0 Å². The van der Waals surface area contributed by atoms with Gasteiger partial charge in [0, 0.05) is 0 Å². The molecule has 0 bridgehead atoms. The highest BCUT2D eigenvalue weighted by Gasteiger charge is 2.42. The predicted octanol–water partition coefficient (Wildman–Crippen LogP) is 2.55. The Labute approximate surface area is 82.1 Å². The molecule has 0 amide bonds. The fourth-order valence-electron chi connectivity index (χ4n) is 2.11. The van der Waals surface area contributed by atoms with E-state index in [4.69, 9.17) is 4.74 Å². The maximum atomic E-state index is 13.4. The quantitative estimate of drug-likeness (QED) is 0.683. The van der Waals surface area contributed by atoms with Crippen molar-refractivity contribution in [1.82, 2.24) is 0 Å². The van der Waals surface area contributed by atoms with Crippen LogP contribution >= 0.6 is 0 Å². The van der Waals surface area contributed by atoms with E-state index >= 15 is 0 Å². The van der Waals surface area contributed by atoms with E-state index in [0.29, 0.717) is 5.75 Å². The molecule has 0 aromatic heterocycles. The van der Waals surface area contributed by atoms with Crippen molar-refractivity contribution in [2.75, 3.05) is 11.9 Å². The Morgan fingerprint density at radius 1 is 1.36 bits per heavy atom. The lowest BCUT2D eigenvalue weighted by Gasteiger charge is -2.45. The maximum Gasteiger partial charge on any atom is 0.178 e. The van der Waals surface area contributed by atoms with Crippen LogP contribution in [-0.4, -0.2) is 12.1 Å². The van der Waals surface area contributed by atoms with Crippen molar-refractivity contribution >= 4 is 5.69 Å². The molecule has 1 aromatic rings.